The summed E-state index contributed by atoms with van der Waals surface area (Å²) in [4.78, 5) is 8.01. The number of rotatable bonds is 2. The molecule has 88 valence electrons. The molecule has 1 atom stereocenters. The topological polar surface area (TPSA) is 15.6 Å². The minimum Gasteiger partial charge on any atom is -0.340 e. The van der Waals surface area contributed by atoms with Gasteiger partial charge in [-0.1, -0.05) is 0 Å². The van der Waals surface area contributed by atoms with Crippen LogP contribution in [0, 0.1) is 13.8 Å². The van der Waals surface area contributed by atoms with Crippen molar-refractivity contribution in [3.05, 3.63) is 33.7 Å². The molecule has 2 heterocycles. The molecule has 1 aliphatic rings. The first-order valence-electron chi connectivity index (χ1n) is 5.24. The number of nitrogens with zero attached hydrogens (tertiary/aromatic N) is 2. The van der Waals surface area contributed by atoms with E-state index in [1.54, 1.807) is 0 Å². The van der Waals surface area contributed by atoms with E-state index in [9.17, 15) is 0 Å². The van der Waals surface area contributed by atoms with Crippen LogP contribution < -0.4 is 0 Å². The van der Waals surface area contributed by atoms with E-state index < -0.39 is 0 Å². The number of aliphatic imine (C=N–C) groups is 1. The van der Waals surface area contributed by atoms with Crippen LogP contribution in [0.15, 0.2) is 22.6 Å². The SMILES string of the molecule is CCN1C=CC(c2scc(C)c2C)N=C1.Cl. The van der Waals surface area contributed by atoms with Gasteiger partial charge in [0.15, 0.2) is 0 Å². The Morgan fingerprint density at radius 2 is 2.19 bits per heavy atom. The first-order chi connectivity index (χ1) is 7.22. The van der Waals surface area contributed by atoms with Crippen LogP contribution in [-0.2, 0) is 0 Å². The maximum absolute atomic E-state index is 4.55. The van der Waals surface area contributed by atoms with Crippen LogP contribution in [0.3, 0.4) is 0 Å². The number of hydrogen-bond donors (Lipinski definition) is 0. The Kier molecular flexibility index (Phi) is 4.56. The molecule has 0 spiro atoms. The van der Waals surface area contributed by atoms with Crippen molar-refractivity contribution in [1.29, 1.82) is 0 Å². The summed E-state index contributed by atoms with van der Waals surface area (Å²) in [6.07, 6.45) is 6.22. The van der Waals surface area contributed by atoms with Crippen LogP contribution in [0.1, 0.15) is 29.0 Å². The molecule has 0 aromatic carbocycles. The zero-order valence-electron chi connectivity index (χ0n) is 9.80. The third kappa shape index (κ3) is 2.47. The minimum atomic E-state index is 0. The molecule has 0 aliphatic carbocycles. The highest BCUT2D eigenvalue weighted by Crippen LogP contribution is 2.31. The zero-order chi connectivity index (χ0) is 10.8. The van der Waals surface area contributed by atoms with Gasteiger partial charge in [0.2, 0.25) is 0 Å². The molecule has 0 amide bonds. The Hall–Kier alpha value is -0.800. The number of halogens is 1. The fourth-order valence-electron chi connectivity index (χ4n) is 1.59. The summed E-state index contributed by atoms with van der Waals surface area (Å²) < 4.78 is 0. The molecule has 1 aliphatic heterocycles. The van der Waals surface area contributed by atoms with Crippen molar-refractivity contribution in [2.45, 2.75) is 26.8 Å². The molecule has 1 unspecified atom stereocenters. The Morgan fingerprint density at radius 3 is 2.62 bits per heavy atom. The van der Waals surface area contributed by atoms with Crippen LogP contribution in [0.2, 0.25) is 0 Å². The first-order valence-corrected chi connectivity index (χ1v) is 6.12. The lowest BCUT2D eigenvalue weighted by molar-refractivity contribution is 0.583. The molecule has 0 saturated heterocycles. The largest absolute Gasteiger partial charge is 0.340 e. The van der Waals surface area contributed by atoms with E-state index in [-0.39, 0.29) is 18.4 Å². The van der Waals surface area contributed by atoms with E-state index in [1.165, 1.54) is 16.0 Å². The van der Waals surface area contributed by atoms with Crippen LogP contribution >= 0.6 is 23.7 Å². The fourth-order valence-corrected chi connectivity index (χ4v) is 2.69. The van der Waals surface area contributed by atoms with Gasteiger partial charge in [0.25, 0.3) is 0 Å². The Labute approximate surface area is 107 Å². The van der Waals surface area contributed by atoms with Crippen molar-refractivity contribution in [2.24, 2.45) is 4.99 Å². The zero-order valence-corrected chi connectivity index (χ0v) is 11.4. The molecule has 1 aromatic heterocycles. The Morgan fingerprint density at radius 1 is 1.44 bits per heavy atom. The molecular weight excluding hydrogens is 240 g/mol. The third-order valence-corrected chi connectivity index (χ3v) is 4.07. The van der Waals surface area contributed by atoms with Crippen molar-refractivity contribution >= 4 is 30.1 Å². The van der Waals surface area contributed by atoms with E-state index in [2.05, 4.69) is 48.3 Å². The summed E-state index contributed by atoms with van der Waals surface area (Å²) in [7, 11) is 0. The monoisotopic (exact) mass is 256 g/mol. The second-order valence-electron chi connectivity index (χ2n) is 3.79. The molecule has 0 fully saturated rings. The lowest BCUT2D eigenvalue weighted by atomic mass is 10.1. The van der Waals surface area contributed by atoms with Gasteiger partial charge in [-0.3, -0.25) is 4.99 Å². The van der Waals surface area contributed by atoms with Gasteiger partial charge in [-0.2, -0.15) is 0 Å². The Balaban J connectivity index is 0.00000128. The summed E-state index contributed by atoms with van der Waals surface area (Å²) >= 11 is 1.81. The summed E-state index contributed by atoms with van der Waals surface area (Å²) in [5.74, 6) is 0. The lowest BCUT2D eigenvalue weighted by Crippen LogP contribution is -2.17. The van der Waals surface area contributed by atoms with Crippen molar-refractivity contribution < 1.29 is 0 Å². The van der Waals surface area contributed by atoms with Crippen molar-refractivity contribution in [3.8, 4) is 0 Å². The summed E-state index contributed by atoms with van der Waals surface area (Å²) in [5, 5.41) is 2.21. The van der Waals surface area contributed by atoms with Gasteiger partial charge in [0.1, 0.15) is 6.04 Å². The quantitative estimate of drug-likeness (QED) is 0.788. The third-order valence-electron chi connectivity index (χ3n) is 2.79. The van der Waals surface area contributed by atoms with Crippen molar-refractivity contribution in [3.63, 3.8) is 0 Å². The molecule has 0 saturated carbocycles. The van der Waals surface area contributed by atoms with Crippen molar-refractivity contribution in [2.75, 3.05) is 6.54 Å². The van der Waals surface area contributed by atoms with E-state index in [0.717, 1.165) is 6.54 Å². The van der Waals surface area contributed by atoms with E-state index in [4.69, 9.17) is 0 Å². The van der Waals surface area contributed by atoms with Gasteiger partial charge >= 0.3 is 0 Å². The predicted molar refractivity (Wildman–Crippen MR) is 73.8 cm³/mol. The highest BCUT2D eigenvalue weighted by Gasteiger charge is 2.15. The van der Waals surface area contributed by atoms with Gasteiger partial charge in [-0.15, -0.1) is 23.7 Å². The van der Waals surface area contributed by atoms with Gasteiger partial charge in [-0.05, 0) is 43.4 Å². The van der Waals surface area contributed by atoms with Gasteiger partial charge in [0.05, 0.1) is 6.34 Å². The second kappa shape index (κ2) is 5.51. The first kappa shape index (κ1) is 13.3. The van der Waals surface area contributed by atoms with Crippen LogP contribution in [0.25, 0.3) is 0 Å². The minimum absolute atomic E-state index is 0. The smallest absolute Gasteiger partial charge is 0.106 e. The molecule has 0 radical (unpaired) electrons. The number of hydrogen-bond acceptors (Lipinski definition) is 3. The number of thiophene rings is 1. The summed E-state index contributed by atoms with van der Waals surface area (Å²) in [6, 6.07) is 0.228. The summed E-state index contributed by atoms with van der Waals surface area (Å²) in [5.41, 5.74) is 2.76. The maximum Gasteiger partial charge on any atom is 0.106 e. The van der Waals surface area contributed by atoms with E-state index in [1.807, 2.05) is 17.7 Å². The molecule has 4 heteroatoms. The summed E-state index contributed by atoms with van der Waals surface area (Å²) in [6.45, 7) is 7.44. The fraction of sp³-hybridized carbons (Fsp3) is 0.417. The molecule has 2 rings (SSSR count). The molecule has 1 aromatic rings. The van der Waals surface area contributed by atoms with E-state index in [0.29, 0.717) is 0 Å². The van der Waals surface area contributed by atoms with Crippen LogP contribution in [0.4, 0.5) is 0 Å². The van der Waals surface area contributed by atoms with Gasteiger partial charge < -0.3 is 4.90 Å². The van der Waals surface area contributed by atoms with Crippen LogP contribution in [-0.4, -0.2) is 17.8 Å². The van der Waals surface area contributed by atoms with Gasteiger partial charge in [-0.25, -0.2) is 0 Å². The highest BCUT2D eigenvalue weighted by atomic mass is 35.5. The second-order valence-corrected chi connectivity index (χ2v) is 4.70. The standard InChI is InChI=1S/C12H16N2S.ClH/c1-4-14-6-5-11(13-8-14)12-10(3)9(2)7-15-12;/h5-8,11H,4H2,1-3H3;1H. The maximum atomic E-state index is 4.55. The molecule has 0 N–H and O–H groups in total. The molecule has 2 nitrogen and oxygen atoms in total. The molecule has 0 bridgehead atoms. The van der Waals surface area contributed by atoms with Gasteiger partial charge in [0, 0.05) is 17.6 Å². The average Bonchev–Trinajstić information content (AvgIpc) is 2.60. The van der Waals surface area contributed by atoms with E-state index >= 15 is 0 Å². The highest BCUT2D eigenvalue weighted by molar-refractivity contribution is 7.10. The molecule has 16 heavy (non-hydrogen) atoms. The average molecular weight is 257 g/mol. The van der Waals surface area contributed by atoms with Crippen LogP contribution in [0.5, 0.6) is 0 Å². The Bertz CT molecular complexity index is 395. The lowest BCUT2D eigenvalue weighted by Gasteiger charge is -2.19. The normalized spacial score (nSPS) is 18.7. The predicted octanol–water partition coefficient (Wildman–Crippen LogP) is 3.71. The molecular formula is C12H17ClN2S. The van der Waals surface area contributed by atoms with Crippen molar-refractivity contribution in [1.82, 2.24) is 4.90 Å². The number of aryl methyl sites for hydroxylation is 1.